The molecular weight excluding hydrogens is 722 g/mol. The number of amides is 2. The standard InChI is InChI=1S/C33H35F4N11O4S/c1-46(53(2,51)52)30-26(38-9-10-39-30)18-41-29-25(33(35,36)37)17-42-32(45-29)43-22-3-5-23(6-4-22)48-13-11-47(12-14-48)19-21-15-20(16-40-28(21)34)24-7-8-27(49)44-31(24)50/h3-6,9-10,15-17,24H,7-8,11-14,18-19H2,1-2H3,(H,44,49,50)(H2,41,42,43,45). The van der Waals surface area contributed by atoms with Gasteiger partial charge >= 0.3 is 6.18 Å². The second-order valence-corrected chi connectivity index (χ2v) is 14.5. The molecule has 2 fully saturated rings. The van der Waals surface area contributed by atoms with Crippen molar-refractivity contribution in [2.75, 3.05) is 59.3 Å². The van der Waals surface area contributed by atoms with E-state index in [1.165, 1.54) is 25.6 Å². The SMILES string of the molecule is CN(c1nccnc1CNc1nc(Nc2ccc(N3CCN(Cc4cc(C5CCC(=O)NC5=O)cnc4F)CC3)cc2)ncc1C(F)(F)F)S(C)(=O)=O. The van der Waals surface area contributed by atoms with E-state index in [0.29, 0.717) is 62.2 Å². The average Bonchev–Trinajstić information content (AvgIpc) is 3.11. The molecule has 0 radical (unpaired) electrons. The fourth-order valence-corrected chi connectivity index (χ4v) is 6.44. The van der Waals surface area contributed by atoms with E-state index in [2.05, 4.69) is 50.7 Å². The van der Waals surface area contributed by atoms with Gasteiger partial charge in [-0.1, -0.05) is 0 Å². The minimum Gasteiger partial charge on any atom is -0.369 e. The highest BCUT2D eigenvalue weighted by Crippen LogP contribution is 2.35. The molecule has 53 heavy (non-hydrogen) atoms. The summed E-state index contributed by atoms with van der Waals surface area (Å²) in [5.74, 6) is -2.60. The number of hydrogen-bond donors (Lipinski definition) is 3. The minimum atomic E-state index is -4.79. The van der Waals surface area contributed by atoms with Gasteiger partial charge in [0.15, 0.2) is 5.82 Å². The first-order valence-electron chi connectivity index (χ1n) is 16.4. The number of aromatic nitrogens is 5. The van der Waals surface area contributed by atoms with Gasteiger partial charge in [0.2, 0.25) is 33.7 Å². The Hall–Kier alpha value is -5.50. The molecule has 0 saturated carbocycles. The van der Waals surface area contributed by atoms with Gasteiger partial charge in [-0.05, 0) is 42.3 Å². The molecule has 3 N–H and O–H groups in total. The van der Waals surface area contributed by atoms with E-state index in [-0.39, 0.29) is 36.3 Å². The predicted octanol–water partition coefficient (Wildman–Crippen LogP) is 3.41. The van der Waals surface area contributed by atoms with E-state index >= 15 is 0 Å². The average molecular weight is 758 g/mol. The van der Waals surface area contributed by atoms with Gasteiger partial charge in [-0.25, -0.2) is 23.4 Å². The Kier molecular flexibility index (Phi) is 10.7. The number of carbonyl (C=O) groups is 2. The van der Waals surface area contributed by atoms with Crippen LogP contribution in [0.5, 0.6) is 0 Å². The molecule has 2 aliphatic heterocycles. The third kappa shape index (κ3) is 8.94. The van der Waals surface area contributed by atoms with E-state index in [4.69, 9.17) is 0 Å². The van der Waals surface area contributed by atoms with Crippen LogP contribution in [0.15, 0.2) is 55.1 Å². The van der Waals surface area contributed by atoms with Crippen LogP contribution in [0.2, 0.25) is 0 Å². The molecule has 2 aliphatic rings. The molecule has 0 aliphatic carbocycles. The summed E-state index contributed by atoms with van der Waals surface area (Å²) in [7, 11) is -2.46. The maximum atomic E-state index is 14.7. The van der Waals surface area contributed by atoms with E-state index in [9.17, 15) is 35.6 Å². The van der Waals surface area contributed by atoms with Crippen LogP contribution >= 0.6 is 0 Å². The summed E-state index contributed by atoms with van der Waals surface area (Å²) >= 11 is 0. The number of sulfonamides is 1. The largest absolute Gasteiger partial charge is 0.421 e. The molecule has 6 rings (SSSR count). The molecule has 4 aromatic rings. The first-order valence-corrected chi connectivity index (χ1v) is 18.2. The number of nitrogens with one attached hydrogen (secondary N) is 3. The lowest BCUT2D eigenvalue weighted by Crippen LogP contribution is -2.46. The number of pyridine rings is 1. The first kappa shape index (κ1) is 37.3. The fraction of sp³-hybridized carbons (Fsp3) is 0.364. The summed E-state index contributed by atoms with van der Waals surface area (Å²) in [5.41, 5.74) is 1.32. The van der Waals surface area contributed by atoms with Gasteiger partial charge in [0.25, 0.3) is 0 Å². The summed E-state index contributed by atoms with van der Waals surface area (Å²) in [4.78, 5) is 48.0. The van der Waals surface area contributed by atoms with Gasteiger partial charge in [0, 0.05) is 87.9 Å². The van der Waals surface area contributed by atoms with Crippen LogP contribution in [0.25, 0.3) is 0 Å². The lowest BCUT2D eigenvalue weighted by atomic mass is 9.91. The van der Waals surface area contributed by atoms with Gasteiger partial charge in [-0.2, -0.15) is 22.5 Å². The zero-order chi connectivity index (χ0) is 37.9. The number of piperidine rings is 1. The van der Waals surface area contributed by atoms with E-state index < -0.39 is 45.4 Å². The van der Waals surface area contributed by atoms with Crippen LogP contribution in [0.3, 0.4) is 0 Å². The predicted molar refractivity (Wildman–Crippen MR) is 186 cm³/mol. The van der Waals surface area contributed by atoms with Crippen molar-refractivity contribution in [3.63, 3.8) is 0 Å². The Morgan fingerprint density at radius 2 is 1.72 bits per heavy atom. The highest BCUT2D eigenvalue weighted by molar-refractivity contribution is 7.92. The summed E-state index contributed by atoms with van der Waals surface area (Å²) in [6.45, 7) is 2.51. The number of imide groups is 1. The molecular formula is C33H35F4N11O4S. The number of piperazine rings is 1. The maximum Gasteiger partial charge on any atom is 0.421 e. The van der Waals surface area contributed by atoms with Crippen molar-refractivity contribution in [1.82, 2.24) is 35.1 Å². The molecule has 280 valence electrons. The zero-order valence-electron chi connectivity index (χ0n) is 28.6. The smallest absolute Gasteiger partial charge is 0.369 e. The van der Waals surface area contributed by atoms with Crippen molar-refractivity contribution < 1.29 is 35.6 Å². The van der Waals surface area contributed by atoms with E-state index in [1.807, 2.05) is 12.1 Å². The van der Waals surface area contributed by atoms with Gasteiger partial charge in [0.05, 0.1) is 18.7 Å². The highest BCUT2D eigenvalue weighted by Gasteiger charge is 2.35. The van der Waals surface area contributed by atoms with Gasteiger partial charge in [-0.15, -0.1) is 0 Å². The molecule has 3 aromatic heterocycles. The minimum absolute atomic E-state index is 0.0482. The second-order valence-electron chi connectivity index (χ2n) is 12.5. The van der Waals surface area contributed by atoms with Crippen molar-refractivity contribution in [3.05, 3.63) is 83.5 Å². The van der Waals surface area contributed by atoms with Gasteiger partial charge in [-0.3, -0.25) is 29.1 Å². The van der Waals surface area contributed by atoms with E-state index in [1.54, 1.807) is 18.2 Å². The van der Waals surface area contributed by atoms with Gasteiger partial charge in [0.1, 0.15) is 17.1 Å². The fourth-order valence-electron chi connectivity index (χ4n) is 5.97. The maximum absolute atomic E-state index is 14.7. The lowest BCUT2D eigenvalue weighted by molar-refractivity contribution is -0.137. The Bertz CT molecular complexity index is 2100. The number of carbonyl (C=O) groups excluding carboxylic acids is 2. The molecule has 0 bridgehead atoms. The van der Waals surface area contributed by atoms with Crippen molar-refractivity contribution in [2.45, 2.75) is 38.0 Å². The van der Waals surface area contributed by atoms with Crippen molar-refractivity contribution in [2.24, 2.45) is 0 Å². The number of alkyl halides is 3. The number of hydrogen-bond acceptors (Lipinski definition) is 13. The molecule has 0 spiro atoms. The van der Waals surface area contributed by atoms with Crippen molar-refractivity contribution in [3.8, 4) is 0 Å². The molecule has 15 nitrogen and oxygen atoms in total. The molecule has 1 aromatic carbocycles. The Labute approximate surface area is 301 Å². The number of benzene rings is 1. The molecule has 2 amide bonds. The van der Waals surface area contributed by atoms with Crippen LogP contribution < -0.4 is 25.2 Å². The number of halogens is 4. The first-order chi connectivity index (χ1) is 25.2. The van der Waals surface area contributed by atoms with Crippen LogP contribution in [0, 0.1) is 5.95 Å². The summed E-state index contributed by atoms with van der Waals surface area (Å²) in [5, 5.41) is 7.85. The Morgan fingerprint density at radius 1 is 1.00 bits per heavy atom. The van der Waals surface area contributed by atoms with Gasteiger partial charge < -0.3 is 15.5 Å². The number of anilines is 5. The number of rotatable bonds is 11. The van der Waals surface area contributed by atoms with Crippen LogP contribution in [-0.2, 0) is 38.9 Å². The topological polar surface area (TPSA) is 179 Å². The highest BCUT2D eigenvalue weighted by atomic mass is 32.2. The zero-order valence-corrected chi connectivity index (χ0v) is 29.4. The van der Waals surface area contributed by atoms with Crippen molar-refractivity contribution in [1.29, 1.82) is 0 Å². The molecule has 5 heterocycles. The second kappa shape index (κ2) is 15.2. The van der Waals surface area contributed by atoms with Crippen LogP contribution in [0.1, 0.15) is 41.1 Å². The normalized spacial score (nSPS) is 17.0. The molecule has 20 heteroatoms. The Morgan fingerprint density at radius 3 is 2.40 bits per heavy atom. The van der Waals surface area contributed by atoms with Crippen LogP contribution in [0.4, 0.5) is 46.5 Å². The third-order valence-corrected chi connectivity index (χ3v) is 10.1. The molecule has 1 atom stereocenters. The lowest BCUT2D eigenvalue weighted by Gasteiger charge is -2.36. The quantitative estimate of drug-likeness (QED) is 0.115. The van der Waals surface area contributed by atoms with Crippen LogP contribution in [-0.4, -0.2) is 89.5 Å². The molecule has 2 saturated heterocycles. The summed E-state index contributed by atoms with van der Waals surface area (Å²) < 4.78 is 81.3. The molecule has 1 unspecified atom stereocenters. The third-order valence-electron chi connectivity index (χ3n) is 8.89. The number of nitrogens with zero attached hydrogens (tertiary/aromatic N) is 8. The summed E-state index contributed by atoms with van der Waals surface area (Å²) in [6, 6.07) is 8.83. The summed E-state index contributed by atoms with van der Waals surface area (Å²) in [6.07, 6.45) is 1.30. The van der Waals surface area contributed by atoms with E-state index in [0.717, 1.165) is 16.2 Å². The van der Waals surface area contributed by atoms with Crippen molar-refractivity contribution >= 4 is 50.8 Å². The monoisotopic (exact) mass is 757 g/mol. The Balaban J connectivity index is 1.07.